The van der Waals surface area contributed by atoms with Gasteiger partial charge in [0.25, 0.3) is 11.8 Å². The van der Waals surface area contributed by atoms with Crippen molar-refractivity contribution in [1.29, 1.82) is 0 Å². The lowest BCUT2D eigenvalue weighted by Crippen LogP contribution is -2.38. The molecule has 7 nitrogen and oxygen atoms in total. The van der Waals surface area contributed by atoms with Crippen LogP contribution in [-0.2, 0) is 19.4 Å². The molecule has 1 aromatic carbocycles. The van der Waals surface area contributed by atoms with Crippen LogP contribution in [0.15, 0.2) is 30.5 Å². The Balaban J connectivity index is 1.62. The first-order valence-electron chi connectivity index (χ1n) is 8.07. The Hall–Kier alpha value is -2.16. The summed E-state index contributed by atoms with van der Waals surface area (Å²) >= 11 is 5.56. The summed E-state index contributed by atoms with van der Waals surface area (Å²) in [5, 5.41) is 5.21. The van der Waals surface area contributed by atoms with Gasteiger partial charge in [0.2, 0.25) is 0 Å². The Morgan fingerprint density at radius 1 is 1.42 bits per heavy atom. The van der Waals surface area contributed by atoms with Gasteiger partial charge < -0.3 is 15.4 Å². The highest BCUT2D eigenvalue weighted by Gasteiger charge is 2.23. The average molecular weight is 387 g/mol. The molecule has 0 bridgehead atoms. The molecule has 1 fully saturated rings. The molecule has 0 saturated carbocycles. The minimum Gasteiger partial charge on any atom is -0.484 e. The second-order valence-electron chi connectivity index (χ2n) is 5.61. The summed E-state index contributed by atoms with van der Waals surface area (Å²) in [6.45, 7) is 4.20. The van der Waals surface area contributed by atoms with E-state index in [9.17, 15) is 14.0 Å². The van der Waals surface area contributed by atoms with Gasteiger partial charge in [0.05, 0.1) is 11.6 Å². The summed E-state index contributed by atoms with van der Waals surface area (Å²) in [7, 11) is 0. The molecular formula is C17H20ClFN2O5. The molecule has 0 aliphatic carbocycles. The maximum absolute atomic E-state index is 13.3. The molecule has 1 aliphatic heterocycles. The molecule has 1 heterocycles. The number of nitrogens with one attached hydrogen (secondary N) is 2. The molecule has 2 rings (SSSR count). The SMILES string of the molecule is C=C(CCNC(=O)COc1ccc(Cl)c(F)c1)NC(=O)C1CCCOO1. The molecule has 0 aromatic heterocycles. The van der Waals surface area contributed by atoms with Crippen molar-refractivity contribution in [2.24, 2.45) is 0 Å². The van der Waals surface area contributed by atoms with Crippen LogP contribution in [0.3, 0.4) is 0 Å². The predicted molar refractivity (Wildman–Crippen MR) is 91.9 cm³/mol. The maximum Gasteiger partial charge on any atom is 0.257 e. The zero-order valence-electron chi connectivity index (χ0n) is 14.1. The Labute approximate surface area is 155 Å². The van der Waals surface area contributed by atoms with Gasteiger partial charge in [0, 0.05) is 24.7 Å². The van der Waals surface area contributed by atoms with Gasteiger partial charge in [-0.1, -0.05) is 18.2 Å². The monoisotopic (exact) mass is 386 g/mol. The number of halogens is 2. The van der Waals surface area contributed by atoms with Crippen molar-refractivity contribution < 1.29 is 28.5 Å². The summed E-state index contributed by atoms with van der Waals surface area (Å²) in [5.74, 6) is -1.13. The second-order valence-corrected chi connectivity index (χ2v) is 6.01. The number of carbonyl (C=O) groups excluding carboxylic acids is 2. The van der Waals surface area contributed by atoms with E-state index in [1.54, 1.807) is 0 Å². The second kappa shape index (κ2) is 10.1. The molecule has 1 unspecified atom stereocenters. The molecule has 26 heavy (non-hydrogen) atoms. The predicted octanol–water partition coefficient (Wildman–Crippen LogP) is 2.10. The van der Waals surface area contributed by atoms with Crippen LogP contribution in [0.5, 0.6) is 5.75 Å². The van der Waals surface area contributed by atoms with Gasteiger partial charge in [-0.05, 0) is 25.0 Å². The average Bonchev–Trinajstić information content (AvgIpc) is 2.63. The fourth-order valence-corrected chi connectivity index (χ4v) is 2.23. The quantitative estimate of drug-likeness (QED) is 0.668. The van der Waals surface area contributed by atoms with Crippen molar-refractivity contribution in [3.8, 4) is 5.75 Å². The molecule has 0 spiro atoms. The van der Waals surface area contributed by atoms with Crippen LogP contribution in [0.1, 0.15) is 19.3 Å². The third-order valence-corrected chi connectivity index (χ3v) is 3.79. The number of hydrogen-bond donors (Lipinski definition) is 2. The largest absolute Gasteiger partial charge is 0.484 e. The zero-order valence-corrected chi connectivity index (χ0v) is 14.8. The Kier molecular flexibility index (Phi) is 7.83. The third kappa shape index (κ3) is 6.62. The first-order valence-corrected chi connectivity index (χ1v) is 8.45. The van der Waals surface area contributed by atoms with E-state index >= 15 is 0 Å². The smallest absolute Gasteiger partial charge is 0.257 e. The topological polar surface area (TPSA) is 85.9 Å². The summed E-state index contributed by atoms with van der Waals surface area (Å²) in [6, 6.07) is 3.91. The van der Waals surface area contributed by atoms with E-state index in [0.717, 1.165) is 12.5 Å². The molecule has 1 atom stereocenters. The van der Waals surface area contributed by atoms with Crippen LogP contribution in [0.4, 0.5) is 4.39 Å². The molecule has 2 N–H and O–H groups in total. The number of amides is 2. The van der Waals surface area contributed by atoms with E-state index in [0.29, 0.717) is 25.1 Å². The van der Waals surface area contributed by atoms with Crippen LogP contribution >= 0.6 is 11.6 Å². The molecule has 2 amide bonds. The highest BCUT2D eigenvalue weighted by molar-refractivity contribution is 6.30. The summed E-state index contributed by atoms with van der Waals surface area (Å²) in [4.78, 5) is 33.3. The van der Waals surface area contributed by atoms with Crippen LogP contribution in [-0.4, -0.2) is 37.7 Å². The number of rotatable bonds is 8. The van der Waals surface area contributed by atoms with E-state index in [-0.39, 0.29) is 35.7 Å². The van der Waals surface area contributed by atoms with Gasteiger partial charge >= 0.3 is 0 Å². The fourth-order valence-electron chi connectivity index (χ4n) is 2.12. The van der Waals surface area contributed by atoms with Gasteiger partial charge in [0.15, 0.2) is 12.7 Å². The van der Waals surface area contributed by atoms with Crippen molar-refractivity contribution in [2.75, 3.05) is 19.8 Å². The van der Waals surface area contributed by atoms with Crippen molar-refractivity contribution in [2.45, 2.75) is 25.4 Å². The van der Waals surface area contributed by atoms with Crippen LogP contribution < -0.4 is 15.4 Å². The van der Waals surface area contributed by atoms with E-state index in [1.165, 1.54) is 12.1 Å². The van der Waals surface area contributed by atoms with Crippen molar-refractivity contribution in [3.63, 3.8) is 0 Å². The lowest BCUT2D eigenvalue weighted by Gasteiger charge is -2.21. The molecular weight excluding hydrogens is 367 g/mol. The highest BCUT2D eigenvalue weighted by atomic mass is 35.5. The Morgan fingerprint density at radius 2 is 2.23 bits per heavy atom. The number of ether oxygens (including phenoxy) is 1. The van der Waals surface area contributed by atoms with Gasteiger partial charge in [-0.15, -0.1) is 0 Å². The standard InChI is InChI=1S/C17H20ClFN2O5/c1-11(21-17(23)15-3-2-8-25-26-15)6-7-20-16(22)10-24-12-4-5-13(18)14(19)9-12/h4-5,9,15H,1-3,6-8,10H2,(H,20,22)(H,21,23). The van der Waals surface area contributed by atoms with Gasteiger partial charge in [-0.3, -0.25) is 9.59 Å². The Morgan fingerprint density at radius 3 is 2.92 bits per heavy atom. The zero-order chi connectivity index (χ0) is 18.9. The van der Waals surface area contributed by atoms with Gasteiger partial charge in [-0.2, -0.15) is 0 Å². The molecule has 1 saturated heterocycles. The summed E-state index contributed by atoms with van der Waals surface area (Å²) in [6.07, 6.45) is 1.03. The lowest BCUT2D eigenvalue weighted by atomic mass is 10.2. The molecule has 1 aromatic rings. The molecule has 0 radical (unpaired) electrons. The lowest BCUT2D eigenvalue weighted by molar-refractivity contribution is -0.335. The minimum absolute atomic E-state index is 0.0208. The van der Waals surface area contributed by atoms with Gasteiger partial charge in [0.1, 0.15) is 11.6 Å². The molecule has 1 aliphatic rings. The number of benzene rings is 1. The molecule has 142 valence electrons. The van der Waals surface area contributed by atoms with Gasteiger partial charge in [-0.25, -0.2) is 14.2 Å². The first kappa shape index (κ1) is 20.2. The molecule has 9 heteroatoms. The van der Waals surface area contributed by atoms with Crippen molar-refractivity contribution >= 4 is 23.4 Å². The summed E-state index contributed by atoms with van der Waals surface area (Å²) in [5.41, 5.74) is 0.449. The van der Waals surface area contributed by atoms with E-state index in [2.05, 4.69) is 17.2 Å². The summed E-state index contributed by atoms with van der Waals surface area (Å²) < 4.78 is 18.4. The maximum atomic E-state index is 13.3. The van der Waals surface area contributed by atoms with Crippen LogP contribution in [0.2, 0.25) is 5.02 Å². The number of hydrogen-bond acceptors (Lipinski definition) is 5. The first-order chi connectivity index (χ1) is 12.5. The normalized spacial score (nSPS) is 16.6. The third-order valence-electron chi connectivity index (χ3n) is 3.48. The highest BCUT2D eigenvalue weighted by Crippen LogP contribution is 2.20. The van der Waals surface area contributed by atoms with E-state index in [4.69, 9.17) is 26.1 Å². The van der Waals surface area contributed by atoms with E-state index < -0.39 is 11.9 Å². The minimum atomic E-state index is -0.650. The van der Waals surface area contributed by atoms with Crippen LogP contribution in [0, 0.1) is 5.82 Å². The van der Waals surface area contributed by atoms with Crippen LogP contribution in [0.25, 0.3) is 0 Å². The number of carbonyl (C=O) groups is 2. The van der Waals surface area contributed by atoms with Crippen molar-refractivity contribution in [3.05, 3.63) is 41.3 Å². The fraction of sp³-hybridized carbons (Fsp3) is 0.412. The Bertz CT molecular complexity index is 665. The van der Waals surface area contributed by atoms with E-state index in [1.807, 2.05) is 0 Å². The van der Waals surface area contributed by atoms with Crippen molar-refractivity contribution in [1.82, 2.24) is 10.6 Å².